The molecule has 1 fully saturated rings. The van der Waals surface area contributed by atoms with E-state index in [1.165, 1.54) is 41.8 Å². The maximum atomic E-state index is 13.2. The van der Waals surface area contributed by atoms with E-state index in [2.05, 4.69) is 30.1 Å². The molecule has 2 atom stereocenters. The van der Waals surface area contributed by atoms with E-state index in [1.807, 2.05) is 41.5 Å². The van der Waals surface area contributed by atoms with E-state index in [-0.39, 0.29) is 40.6 Å². The number of carbonyl (C=O) groups is 4. The van der Waals surface area contributed by atoms with Gasteiger partial charge in [0, 0.05) is 52.2 Å². The first-order valence-electron chi connectivity index (χ1n) is 12.3. The molecule has 0 spiro atoms. The third kappa shape index (κ3) is 6.15. The fourth-order valence-electron chi connectivity index (χ4n) is 3.92. The molecule has 2 N–H and O–H groups in total. The van der Waals surface area contributed by atoms with Crippen LogP contribution in [-0.4, -0.2) is 72.4 Å². The van der Waals surface area contributed by atoms with E-state index in [0.29, 0.717) is 9.24 Å². The number of thioether (sulfide) groups is 2. The van der Waals surface area contributed by atoms with Gasteiger partial charge in [0.05, 0.1) is 17.4 Å². The van der Waals surface area contributed by atoms with Crippen LogP contribution in [0.25, 0.3) is 11.3 Å². The second-order valence-corrected chi connectivity index (χ2v) is 12.8. The Morgan fingerprint density at radius 3 is 2.74 bits per heavy atom. The number of nitrogens with zero attached hydrogens (tertiary/aromatic N) is 6. The second kappa shape index (κ2) is 12.6. The number of carboxylic acids is 1. The van der Waals surface area contributed by atoms with Gasteiger partial charge in [-0.15, -0.1) is 23.1 Å². The molecule has 14 nitrogen and oxygen atoms in total. The van der Waals surface area contributed by atoms with Crippen LogP contribution in [-0.2, 0) is 31.1 Å². The summed E-state index contributed by atoms with van der Waals surface area (Å²) in [6.07, 6.45) is 3.81. The summed E-state index contributed by atoms with van der Waals surface area (Å²) in [6.45, 7) is 3.12. The molecular formula is C24H22N8O6S4. The number of oxime groups is 1. The molecule has 18 heteroatoms. The zero-order valence-corrected chi connectivity index (χ0v) is 25.5. The number of aliphatic carboxylic acids is 1. The predicted octanol–water partition coefficient (Wildman–Crippen LogP) is 0.339. The topological polar surface area (TPSA) is 183 Å². The van der Waals surface area contributed by atoms with Crippen LogP contribution in [0.15, 0.2) is 50.0 Å². The van der Waals surface area contributed by atoms with Gasteiger partial charge in [0.25, 0.3) is 11.8 Å². The quantitative estimate of drug-likeness (QED) is 0.134. The number of aromatic nitrogens is 4. The Morgan fingerprint density at radius 2 is 2.05 bits per heavy atom. The van der Waals surface area contributed by atoms with Crippen LogP contribution < -0.4 is 20.3 Å². The van der Waals surface area contributed by atoms with Crippen molar-refractivity contribution in [2.24, 2.45) is 12.2 Å². The third-order valence-corrected chi connectivity index (χ3v) is 9.92. The number of aryl methyl sites for hydroxylation is 1. The smallest absolute Gasteiger partial charge is 0.278 e. The highest BCUT2D eigenvalue weighted by Crippen LogP contribution is 2.45. The Balaban J connectivity index is 1.31. The number of thiazole rings is 1. The van der Waals surface area contributed by atoms with Crippen molar-refractivity contribution >= 4 is 80.9 Å². The summed E-state index contributed by atoms with van der Waals surface area (Å²) in [5, 5.41) is 22.4. The molecule has 3 aromatic rings. The molecule has 42 heavy (non-hydrogen) atoms. The minimum atomic E-state index is -1.50. The van der Waals surface area contributed by atoms with E-state index in [4.69, 9.17) is 4.84 Å². The first-order chi connectivity index (χ1) is 20.2. The van der Waals surface area contributed by atoms with Gasteiger partial charge in [0.15, 0.2) is 16.7 Å². The van der Waals surface area contributed by atoms with Crippen LogP contribution in [0.2, 0.25) is 0 Å². The van der Waals surface area contributed by atoms with E-state index in [1.54, 1.807) is 6.92 Å². The Hall–Kier alpha value is -3.87. The number of hydrogen-bond donors (Lipinski definition) is 2. The van der Waals surface area contributed by atoms with Crippen LogP contribution in [0, 0.1) is 0 Å². The fraction of sp³-hybridized carbons (Fsp3) is 0.292. The lowest BCUT2D eigenvalue weighted by atomic mass is 10.0. The number of pyridine rings is 1. The SMILES string of the molecule is CCON=C(C(=O)N[C@@H]1C(=O)N2C(C(=O)[O-])=C(Sc3nc(-c4cc[n+](C)cc4)cs3)CS[C@H]12)c1nsc(NC(C)=O)n1. The molecule has 0 saturated carbocycles. The normalized spacial score (nSPS) is 18.3. The molecule has 2 aliphatic heterocycles. The summed E-state index contributed by atoms with van der Waals surface area (Å²) in [5.41, 5.74) is 1.14. The largest absolute Gasteiger partial charge is 0.543 e. The number of β-lactam (4-membered cyclic amide) rings is 1. The van der Waals surface area contributed by atoms with E-state index in [9.17, 15) is 24.3 Å². The molecule has 1 saturated heterocycles. The number of carbonyl (C=O) groups excluding carboxylic acids is 4. The average Bonchev–Trinajstić information content (AvgIpc) is 3.61. The van der Waals surface area contributed by atoms with Gasteiger partial charge in [0.1, 0.15) is 25.1 Å². The zero-order chi connectivity index (χ0) is 30.0. The van der Waals surface area contributed by atoms with Crippen LogP contribution >= 0.6 is 46.4 Å². The van der Waals surface area contributed by atoms with E-state index >= 15 is 0 Å². The Bertz CT molecular complexity index is 1620. The molecule has 218 valence electrons. The third-order valence-electron chi connectivity index (χ3n) is 5.80. The maximum absolute atomic E-state index is 13.2. The van der Waals surface area contributed by atoms with Crippen molar-refractivity contribution in [3.8, 4) is 11.3 Å². The summed E-state index contributed by atoms with van der Waals surface area (Å²) in [6, 6.07) is 2.83. The van der Waals surface area contributed by atoms with Gasteiger partial charge in [-0.25, -0.2) is 9.55 Å². The Labute approximate surface area is 255 Å². The predicted molar refractivity (Wildman–Crippen MR) is 154 cm³/mol. The van der Waals surface area contributed by atoms with Crippen LogP contribution in [0.5, 0.6) is 0 Å². The van der Waals surface area contributed by atoms with E-state index < -0.39 is 29.2 Å². The van der Waals surface area contributed by atoms with Crippen molar-refractivity contribution in [3.05, 3.63) is 46.3 Å². The fourth-order valence-corrected chi connectivity index (χ4v) is 7.99. The number of nitrogens with one attached hydrogen (secondary N) is 2. The minimum Gasteiger partial charge on any atom is -0.543 e. The molecule has 3 amide bonds. The lowest BCUT2D eigenvalue weighted by molar-refractivity contribution is -0.671. The molecule has 5 rings (SSSR count). The molecule has 5 heterocycles. The maximum Gasteiger partial charge on any atom is 0.278 e. The first kappa shape index (κ1) is 29.6. The van der Waals surface area contributed by atoms with Crippen molar-refractivity contribution in [2.75, 3.05) is 17.7 Å². The average molecular weight is 647 g/mol. The number of fused-ring (bicyclic) bond motifs is 1. The Morgan fingerprint density at radius 1 is 1.29 bits per heavy atom. The summed E-state index contributed by atoms with van der Waals surface area (Å²) in [7, 11) is 1.91. The van der Waals surface area contributed by atoms with Gasteiger partial charge in [0.2, 0.25) is 22.6 Å². The molecule has 0 aliphatic carbocycles. The van der Waals surface area contributed by atoms with Crippen molar-refractivity contribution in [1.29, 1.82) is 0 Å². The minimum absolute atomic E-state index is 0.101. The highest BCUT2D eigenvalue weighted by atomic mass is 32.2. The number of carboxylic acid groups (broad SMARTS) is 1. The molecule has 0 aromatic carbocycles. The summed E-state index contributed by atoms with van der Waals surface area (Å²) in [5.74, 6) is -3.11. The number of amides is 3. The van der Waals surface area contributed by atoms with Crippen LogP contribution in [0.4, 0.5) is 5.13 Å². The highest BCUT2D eigenvalue weighted by molar-refractivity contribution is 8.07. The monoisotopic (exact) mass is 646 g/mol. The number of rotatable bonds is 10. The molecule has 0 bridgehead atoms. The summed E-state index contributed by atoms with van der Waals surface area (Å²) >= 11 is 4.69. The van der Waals surface area contributed by atoms with Gasteiger partial charge in [-0.05, 0) is 6.92 Å². The van der Waals surface area contributed by atoms with Crippen molar-refractivity contribution < 1.29 is 33.7 Å². The van der Waals surface area contributed by atoms with Gasteiger partial charge >= 0.3 is 0 Å². The van der Waals surface area contributed by atoms with Gasteiger partial charge in [-0.3, -0.25) is 19.3 Å². The van der Waals surface area contributed by atoms with Gasteiger partial charge in [-0.1, -0.05) is 16.9 Å². The van der Waals surface area contributed by atoms with Crippen molar-refractivity contribution in [3.63, 3.8) is 0 Å². The summed E-state index contributed by atoms with van der Waals surface area (Å²) < 4.78 is 6.57. The number of anilines is 1. The van der Waals surface area contributed by atoms with Gasteiger partial charge in [-0.2, -0.15) is 9.36 Å². The van der Waals surface area contributed by atoms with E-state index in [0.717, 1.165) is 27.7 Å². The van der Waals surface area contributed by atoms with Crippen molar-refractivity contribution in [2.45, 2.75) is 29.6 Å². The van der Waals surface area contributed by atoms with Crippen LogP contribution in [0.1, 0.15) is 19.7 Å². The molecule has 3 aromatic heterocycles. The standard InChI is InChI=1S/C24H22N8O6S4/c1-4-38-29-15(18-28-23(42-30-18)25-11(2)33)19(34)27-16-20(35)32-17(22(36)37)14(10-39-21(16)32)41-24-26-13(9-40-24)12-5-7-31(3)8-6-12/h5-9,16,21H,4,10H2,1-3H3,(H2-,25,27,28,30,33,34,36,37)/t16-,21-/m1/s1. The second-order valence-electron chi connectivity index (χ2n) is 8.74. The lowest BCUT2D eigenvalue weighted by Crippen LogP contribution is -2.71. The van der Waals surface area contributed by atoms with Crippen LogP contribution in [0.3, 0.4) is 0 Å². The van der Waals surface area contributed by atoms with Crippen molar-refractivity contribution in [1.82, 2.24) is 24.6 Å². The highest BCUT2D eigenvalue weighted by Gasteiger charge is 2.53. The Kier molecular flexibility index (Phi) is 8.85. The zero-order valence-electron chi connectivity index (χ0n) is 22.2. The molecule has 0 unspecified atom stereocenters. The van der Waals surface area contributed by atoms with Gasteiger partial charge < -0.3 is 25.4 Å². The molecule has 2 aliphatic rings. The lowest BCUT2D eigenvalue weighted by Gasteiger charge is -2.50. The first-order valence-corrected chi connectivity index (χ1v) is 15.8. The number of hydrogen-bond acceptors (Lipinski definition) is 14. The summed E-state index contributed by atoms with van der Waals surface area (Å²) in [4.78, 5) is 65.1. The molecular weight excluding hydrogens is 625 g/mol. The molecule has 0 radical (unpaired) electrons.